The van der Waals surface area contributed by atoms with E-state index in [0.717, 1.165) is 31.2 Å². The summed E-state index contributed by atoms with van der Waals surface area (Å²) in [6, 6.07) is 3.30. The van der Waals surface area contributed by atoms with Crippen LogP contribution in [0.1, 0.15) is 38.5 Å². The van der Waals surface area contributed by atoms with Crippen molar-refractivity contribution >= 4 is 23.5 Å². The van der Waals surface area contributed by atoms with Crippen LogP contribution in [-0.2, 0) is 4.79 Å². The number of hydrogen-bond acceptors (Lipinski definition) is 4. The highest BCUT2D eigenvalue weighted by Crippen LogP contribution is 2.48. The first-order valence-corrected chi connectivity index (χ1v) is 8.88. The van der Waals surface area contributed by atoms with Crippen molar-refractivity contribution < 1.29 is 13.6 Å². The standard InChI is InChI=1S/C16H21F2N3OS/c17-16(18)6-4-12(10-2-1-3-10)13(9-16)15(22)21-11-5-7-20-14(8-11)23-19/h5,7-8,10,12-13H,1-4,6,9,19H2,(H,20,21,22)/t12?,13-/m1/s1. The predicted molar refractivity (Wildman–Crippen MR) is 86.0 cm³/mol. The number of rotatable bonds is 4. The highest BCUT2D eigenvalue weighted by atomic mass is 32.2. The van der Waals surface area contributed by atoms with Crippen LogP contribution in [0.2, 0.25) is 0 Å². The molecule has 23 heavy (non-hydrogen) atoms. The zero-order chi connectivity index (χ0) is 16.4. The second-order valence-electron chi connectivity index (χ2n) is 6.55. The molecule has 2 fully saturated rings. The Morgan fingerprint density at radius 1 is 1.39 bits per heavy atom. The quantitative estimate of drug-likeness (QED) is 0.817. The van der Waals surface area contributed by atoms with Gasteiger partial charge in [-0.3, -0.25) is 9.93 Å². The zero-order valence-corrected chi connectivity index (χ0v) is 13.6. The van der Waals surface area contributed by atoms with Crippen molar-refractivity contribution in [1.82, 2.24) is 4.98 Å². The maximum Gasteiger partial charge on any atom is 0.248 e. The largest absolute Gasteiger partial charge is 0.326 e. The maximum atomic E-state index is 13.8. The van der Waals surface area contributed by atoms with Gasteiger partial charge in [0.05, 0.1) is 0 Å². The number of halogens is 2. The maximum absolute atomic E-state index is 13.8. The summed E-state index contributed by atoms with van der Waals surface area (Å²) in [5, 5.41) is 8.81. The number of anilines is 1. The van der Waals surface area contributed by atoms with E-state index in [1.807, 2.05) is 0 Å². The van der Waals surface area contributed by atoms with E-state index in [1.54, 1.807) is 18.3 Å². The average Bonchev–Trinajstić information content (AvgIpc) is 2.47. The Morgan fingerprint density at radius 2 is 2.17 bits per heavy atom. The van der Waals surface area contributed by atoms with Crippen molar-refractivity contribution in [1.29, 1.82) is 0 Å². The molecule has 0 bridgehead atoms. The molecule has 126 valence electrons. The molecule has 2 aliphatic rings. The second kappa shape index (κ2) is 6.73. The second-order valence-corrected chi connectivity index (χ2v) is 7.20. The van der Waals surface area contributed by atoms with Crippen molar-refractivity contribution in [3.05, 3.63) is 18.3 Å². The molecule has 0 aliphatic heterocycles. The molecule has 0 aromatic carbocycles. The number of nitrogens with one attached hydrogen (secondary N) is 1. The van der Waals surface area contributed by atoms with Crippen LogP contribution in [0.5, 0.6) is 0 Å². The minimum atomic E-state index is -2.74. The summed E-state index contributed by atoms with van der Waals surface area (Å²) in [6.07, 6.45) is 4.81. The van der Waals surface area contributed by atoms with Crippen molar-refractivity contribution in [3.8, 4) is 0 Å². The van der Waals surface area contributed by atoms with Crippen LogP contribution in [0.25, 0.3) is 0 Å². The van der Waals surface area contributed by atoms with Gasteiger partial charge in [0, 0.05) is 30.6 Å². The summed E-state index contributed by atoms with van der Waals surface area (Å²) in [5.41, 5.74) is 0.555. The SMILES string of the molecule is NSc1cc(NC(=O)[C@@H]2CC(F)(F)CCC2C2CCC2)ccn1. The molecule has 3 N–H and O–H groups in total. The van der Waals surface area contributed by atoms with Crippen LogP contribution in [0.4, 0.5) is 14.5 Å². The zero-order valence-electron chi connectivity index (χ0n) is 12.8. The first kappa shape index (κ1) is 16.6. The fraction of sp³-hybridized carbons (Fsp3) is 0.625. The number of alkyl halides is 2. The Bertz CT molecular complexity index is 580. The molecule has 1 heterocycles. The van der Waals surface area contributed by atoms with Gasteiger partial charge in [-0.2, -0.15) is 0 Å². The van der Waals surface area contributed by atoms with Gasteiger partial charge in [0.1, 0.15) is 5.03 Å². The molecule has 0 radical (unpaired) electrons. The number of carbonyl (C=O) groups is 1. The summed E-state index contributed by atoms with van der Waals surface area (Å²) >= 11 is 0.981. The molecule has 1 aromatic rings. The van der Waals surface area contributed by atoms with Crippen molar-refractivity contribution in [2.75, 3.05) is 5.32 Å². The Morgan fingerprint density at radius 3 is 2.83 bits per heavy atom. The normalized spacial score (nSPS) is 27.3. The molecule has 3 rings (SSSR count). The summed E-state index contributed by atoms with van der Waals surface area (Å²) in [6.45, 7) is 0. The van der Waals surface area contributed by atoms with Gasteiger partial charge in [0.15, 0.2) is 0 Å². The third-order valence-corrected chi connectivity index (χ3v) is 5.56. The fourth-order valence-electron chi connectivity index (χ4n) is 3.66. The van der Waals surface area contributed by atoms with E-state index < -0.39 is 11.8 Å². The molecule has 2 saturated carbocycles. The fourth-order valence-corrected chi connectivity index (χ4v) is 3.98. The van der Waals surface area contributed by atoms with Crippen LogP contribution >= 0.6 is 11.9 Å². The molecule has 1 aromatic heterocycles. The smallest absolute Gasteiger partial charge is 0.248 e. The molecular formula is C16H21F2N3OS. The molecule has 1 amide bonds. The van der Waals surface area contributed by atoms with Gasteiger partial charge in [0.25, 0.3) is 0 Å². The molecule has 0 spiro atoms. The van der Waals surface area contributed by atoms with E-state index >= 15 is 0 Å². The highest BCUT2D eigenvalue weighted by Gasteiger charge is 2.47. The lowest BCUT2D eigenvalue weighted by Gasteiger charge is -2.42. The highest BCUT2D eigenvalue weighted by molar-refractivity contribution is 7.97. The van der Waals surface area contributed by atoms with Crippen molar-refractivity contribution in [2.24, 2.45) is 22.9 Å². The Labute approximate surface area is 138 Å². The van der Waals surface area contributed by atoms with Crippen LogP contribution in [-0.4, -0.2) is 16.8 Å². The molecular weight excluding hydrogens is 320 g/mol. The Hall–Kier alpha value is -1.21. The van der Waals surface area contributed by atoms with E-state index in [4.69, 9.17) is 5.14 Å². The predicted octanol–water partition coefficient (Wildman–Crippen LogP) is 3.84. The van der Waals surface area contributed by atoms with Gasteiger partial charge in [-0.25, -0.2) is 13.8 Å². The summed E-state index contributed by atoms with van der Waals surface area (Å²) in [4.78, 5) is 16.6. The van der Waals surface area contributed by atoms with Gasteiger partial charge in [-0.05, 0) is 42.3 Å². The first-order chi connectivity index (χ1) is 11.0. The van der Waals surface area contributed by atoms with E-state index in [2.05, 4.69) is 10.3 Å². The third kappa shape index (κ3) is 3.83. The molecule has 4 nitrogen and oxygen atoms in total. The van der Waals surface area contributed by atoms with Crippen LogP contribution < -0.4 is 10.5 Å². The Balaban J connectivity index is 1.73. The van der Waals surface area contributed by atoms with Crippen LogP contribution in [0, 0.1) is 17.8 Å². The monoisotopic (exact) mass is 341 g/mol. The van der Waals surface area contributed by atoms with E-state index in [0.29, 0.717) is 23.1 Å². The lowest BCUT2D eigenvalue weighted by atomic mass is 9.64. The number of nitrogens with two attached hydrogens (primary N) is 1. The average molecular weight is 341 g/mol. The molecule has 0 saturated heterocycles. The van der Waals surface area contributed by atoms with Gasteiger partial charge < -0.3 is 5.32 Å². The summed E-state index contributed by atoms with van der Waals surface area (Å²) < 4.78 is 27.6. The van der Waals surface area contributed by atoms with Crippen molar-refractivity contribution in [3.63, 3.8) is 0 Å². The van der Waals surface area contributed by atoms with Crippen LogP contribution in [0.3, 0.4) is 0 Å². The molecule has 1 unspecified atom stereocenters. The molecule has 7 heteroatoms. The van der Waals surface area contributed by atoms with Crippen molar-refractivity contribution in [2.45, 2.75) is 49.5 Å². The lowest BCUT2D eigenvalue weighted by molar-refractivity contribution is -0.135. The molecule has 2 atom stereocenters. The van der Waals surface area contributed by atoms with E-state index in [-0.39, 0.29) is 24.7 Å². The van der Waals surface area contributed by atoms with E-state index in [1.165, 1.54) is 0 Å². The minimum absolute atomic E-state index is 0.0774. The minimum Gasteiger partial charge on any atom is -0.326 e. The number of pyridine rings is 1. The van der Waals surface area contributed by atoms with Crippen LogP contribution in [0.15, 0.2) is 23.4 Å². The number of amides is 1. The van der Waals surface area contributed by atoms with Gasteiger partial charge in [-0.15, -0.1) is 0 Å². The number of aromatic nitrogens is 1. The first-order valence-electron chi connectivity index (χ1n) is 8.00. The lowest BCUT2D eigenvalue weighted by Crippen LogP contribution is -2.43. The summed E-state index contributed by atoms with van der Waals surface area (Å²) in [5.74, 6) is -3.16. The number of carbonyl (C=O) groups excluding carboxylic acids is 1. The van der Waals surface area contributed by atoms with E-state index in [9.17, 15) is 13.6 Å². The third-order valence-electron chi connectivity index (χ3n) is 5.09. The Kier molecular flexibility index (Phi) is 4.87. The topological polar surface area (TPSA) is 68.0 Å². The number of hydrogen-bond donors (Lipinski definition) is 2. The molecule has 2 aliphatic carbocycles. The van der Waals surface area contributed by atoms with Gasteiger partial charge >= 0.3 is 0 Å². The van der Waals surface area contributed by atoms with Gasteiger partial charge in [-0.1, -0.05) is 19.3 Å². The number of nitrogens with zero attached hydrogens (tertiary/aromatic N) is 1. The summed E-state index contributed by atoms with van der Waals surface area (Å²) in [7, 11) is 0. The van der Waals surface area contributed by atoms with Gasteiger partial charge in [0.2, 0.25) is 11.8 Å².